The molecule has 2 heterocycles. The highest BCUT2D eigenvalue weighted by Crippen LogP contribution is 2.21. The number of nitrogens with one attached hydrogen (secondary N) is 3. The summed E-state index contributed by atoms with van der Waals surface area (Å²) in [4.78, 5) is 41.9. The van der Waals surface area contributed by atoms with Crippen molar-refractivity contribution >= 4 is 34.4 Å². The fourth-order valence-electron chi connectivity index (χ4n) is 4.04. The van der Waals surface area contributed by atoms with Crippen LogP contribution in [0.4, 0.5) is 5.69 Å². The Morgan fingerprint density at radius 2 is 1.88 bits per heavy atom. The summed E-state index contributed by atoms with van der Waals surface area (Å²) in [6.07, 6.45) is 0.964. The van der Waals surface area contributed by atoms with Crippen LogP contribution in [0.3, 0.4) is 0 Å². The number of nitrogens with zero attached hydrogens (tertiary/aromatic N) is 2. The van der Waals surface area contributed by atoms with E-state index in [1.807, 2.05) is 18.2 Å². The lowest BCUT2D eigenvalue weighted by atomic mass is 10.1. The molecule has 3 N–H and O–H groups in total. The summed E-state index contributed by atoms with van der Waals surface area (Å²) >= 11 is 0. The first-order chi connectivity index (χ1) is 15.4. The second kappa shape index (κ2) is 9.21. The molecule has 3 aromatic rings. The Bertz CT molecular complexity index is 1170. The van der Waals surface area contributed by atoms with Gasteiger partial charge >= 0.3 is 0 Å². The van der Waals surface area contributed by atoms with E-state index in [1.54, 1.807) is 24.3 Å². The number of amides is 3. The number of imidazole rings is 1. The normalized spacial score (nSPS) is 15.8. The maximum Gasteiger partial charge on any atom is 0.254 e. The van der Waals surface area contributed by atoms with E-state index in [0.29, 0.717) is 24.2 Å². The van der Waals surface area contributed by atoms with Gasteiger partial charge in [-0.1, -0.05) is 24.3 Å². The number of fused-ring (bicyclic) bond motifs is 2. The van der Waals surface area contributed by atoms with Crippen LogP contribution in [0.15, 0.2) is 48.5 Å². The van der Waals surface area contributed by atoms with Crippen molar-refractivity contribution < 1.29 is 14.4 Å². The van der Waals surface area contributed by atoms with Gasteiger partial charge in [-0.2, -0.15) is 0 Å². The molecule has 0 radical (unpaired) electrons. The molecule has 3 amide bonds. The van der Waals surface area contributed by atoms with Gasteiger partial charge in [0.1, 0.15) is 11.9 Å². The van der Waals surface area contributed by atoms with Gasteiger partial charge < -0.3 is 20.5 Å². The van der Waals surface area contributed by atoms with Crippen molar-refractivity contribution in [1.29, 1.82) is 0 Å². The monoisotopic (exact) mass is 433 g/mol. The predicted octanol–water partition coefficient (Wildman–Crippen LogP) is 2.81. The van der Waals surface area contributed by atoms with Gasteiger partial charge in [-0.05, 0) is 44.5 Å². The predicted molar refractivity (Wildman–Crippen MR) is 122 cm³/mol. The lowest BCUT2D eigenvalue weighted by Crippen LogP contribution is -2.42. The van der Waals surface area contributed by atoms with E-state index in [1.165, 1.54) is 0 Å². The average Bonchev–Trinajstić information content (AvgIpc) is 3.09. The van der Waals surface area contributed by atoms with Gasteiger partial charge in [0, 0.05) is 25.4 Å². The molecule has 0 unspecified atom stereocenters. The van der Waals surface area contributed by atoms with E-state index >= 15 is 0 Å². The fourth-order valence-corrected chi connectivity index (χ4v) is 4.04. The summed E-state index contributed by atoms with van der Waals surface area (Å²) < 4.78 is 2.19. The Balaban J connectivity index is 1.31. The number of para-hydroxylation sites is 3. The van der Waals surface area contributed by atoms with Crippen LogP contribution in [-0.2, 0) is 16.0 Å². The SMILES string of the molecule is CC(C)n1c(CCNC(=O)CC[C@H]2NC(=O)c3ccccc3NC2=O)nc2ccccc21. The summed E-state index contributed by atoms with van der Waals surface area (Å²) in [5, 5.41) is 8.37. The highest BCUT2D eigenvalue weighted by atomic mass is 16.2. The number of benzene rings is 2. The number of rotatable bonds is 7. The highest BCUT2D eigenvalue weighted by Gasteiger charge is 2.27. The van der Waals surface area contributed by atoms with E-state index in [2.05, 4.69) is 40.4 Å². The maximum absolute atomic E-state index is 12.5. The number of carbonyl (C=O) groups excluding carboxylic acids is 3. The summed E-state index contributed by atoms with van der Waals surface area (Å²) in [7, 11) is 0. The minimum atomic E-state index is -0.759. The molecule has 0 saturated heterocycles. The van der Waals surface area contributed by atoms with E-state index in [0.717, 1.165) is 16.9 Å². The molecule has 0 bridgehead atoms. The van der Waals surface area contributed by atoms with Gasteiger partial charge in [0.25, 0.3) is 5.91 Å². The molecule has 0 saturated carbocycles. The first-order valence-corrected chi connectivity index (χ1v) is 10.9. The molecule has 1 aliphatic heterocycles. The van der Waals surface area contributed by atoms with Crippen molar-refractivity contribution in [2.75, 3.05) is 11.9 Å². The number of hydrogen-bond acceptors (Lipinski definition) is 4. The minimum Gasteiger partial charge on any atom is -0.356 e. The summed E-state index contributed by atoms with van der Waals surface area (Å²) in [6, 6.07) is 14.3. The quantitative estimate of drug-likeness (QED) is 0.533. The Morgan fingerprint density at radius 3 is 2.69 bits per heavy atom. The lowest BCUT2D eigenvalue weighted by Gasteiger charge is -2.15. The van der Waals surface area contributed by atoms with Crippen LogP contribution < -0.4 is 16.0 Å². The van der Waals surface area contributed by atoms with Gasteiger partial charge in [-0.25, -0.2) is 4.98 Å². The van der Waals surface area contributed by atoms with Crippen LogP contribution in [0.25, 0.3) is 11.0 Å². The molecule has 0 aliphatic carbocycles. The summed E-state index contributed by atoms with van der Waals surface area (Å²) in [5.41, 5.74) is 2.93. The average molecular weight is 434 g/mol. The van der Waals surface area contributed by atoms with E-state index in [-0.39, 0.29) is 36.6 Å². The van der Waals surface area contributed by atoms with Gasteiger partial charge in [0.2, 0.25) is 11.8 Å². The molecule has 1 aromatic heterocycles. The molecule has 1 aliphatic rings. The number of anilines is 1. The molecular weight excluding hydrogens is 406 g/mol. The van der Waals surface area contributed by atoms with Gasteiger partial charge in [-0.3, -0.25) is 14.4 Å². The van der Waals surface area contributed by atoms with Gasteiger partial charge in [0.05, 0.1) is 22.3 Å². The second-order valence-electron chi connectivity index (χ2n) is 8.18. The number of hydrogen-bond donors (Lipinski definition) is 3. The van der Waals surface area contributed by atoms with Crippen LogP contribution >= 0.6 is 0 Å². The number of carbonyl (C=O) groups is 3. The van der Waals surface area contributed by atoms with Crippen molar-refractivity contribution in [1.82, 2.24) is 20.2 Å². The topological polar surface area (TPSA) is 105 Å². The molecule has 4 rings (SSSR count). The molecule has 0 spiro atoms. The van der Waals surface area contributed by atoms with Crippen molar-refractivity contribution in [2.24, 2.45) is 0 Å². The standard InChI is InChI=1S/C24H27N5O3/c1-15(2)29-20-10-6-5-9-18(20)26-21(29)13-14-25-22(30)12-11-19-24(32)27-17-8-4-3-7-16(17)23(31)28-19/h3-10,15,19H,11-14H2,1-2H3,(H,25,30)(H,27,32)(H,28,31)/t19-/m1/s1. The van der Waals surface area contributed by atoms with Crippen LogP contribution in [-0.4, -0.2) is 39.9 Å². The molecule has 0 fully saturated rings. The third-order valence-electron chi connectivity index (χ3n) is 5.57. The smallest absolute Gasteiger partial charge is 0.254 e. The van der Waals surface area contributed by atoms with Crippen LogP contribution in [0, 0.1) is 0 Å². The molecular formula is C24H27N5O3. The molecule has 8 heteroatoms. The highest BCUT2D eigenvalue weighted by molar-refractivity contribution is 6.09. The fraction of sp³-hybridized carbons (Fsp3) is 0.333. The first-order valence-electron chi connectivity index (χ1n) is 10.9. The van der Waals surface area contributed by atoms with Crippen molar-refractivity contribution in [2.45, 2.75) is 45.2 Å². The van der Waals surface area contributed by atoms with Gasteiger partial charge in [-0.15, -0.1) is 0 Å². The first kappa shape index (κ1) is 21.5. The lowest BCUT2D eigenvalue weighted by molar-refractivity contribution is -0.121. The third kappa shape index (κ3) is 4.49. The Morgan fingerprint density at radius 1 is 1.12 bits per heavy atom. The number of aromatic nitrogens is 2. The van der Waals surface area contributed by atoms with Crippen LogP contribution in [0.1, 0.15) is 48.9 Å². The molecule has 8 nitrogen and oxygen atoms in total. The Kier molecular flexibility index (Phi) is 6.20. The van der Waals surface area contributed by atoms with Crippen molar-refractivity contribution in [3.8, 4) is 0 Å². The zero-order chi connectivity index (χ0) is 22.7. The summed E-state index contributed by atoms with van der Waals surface area (Å²) in [6.45, 7) is 4.67. The van der Waals surface area contributed by atoms with Crippen LogP contribution in [0.2, 0.25) is 0 Å². The molecule has 2 aromatic carbocycles. The second-order valence-corrected chi connectivity index (χ2v) is 8.18. The van der Waals surface area contributed by atoms with Crippen LogP contribution in [0.5, 0.6) is 0 Å². The Hall–Kier alpha value is -3.68. The third-order valence-corrected chi connectivity index (χ3v) is 5.57. The summed E-state index contributed by atoms with van der Waals surface area (Å²) in [5.74, 6) is 0.120. The van der Waals surface area contributed by atoms with Crippen molar-refractivity contribution in [3.63, 3.8) is 0 Å². The zero-order valence-corrected chi connectivity index (χ0v) is 18.2. The van der Waals surface area contributed by atoms with E-state index in [9.17, 15) is 14.4 Å². The van der Waals surface area contributed by atoms with E-state index < -0.39 is 6.04 Å². The minimum absolute atomic E-state index is 0.134. The molecule has 166 valence electrons. The molecule has 32 heavy (non-hydrogen) atoms. The Labute approximate surface area is 186 Å². The zero-order valence-electron chi connectivity index (χ0n) is 18.2. The van der Waals surface area contributed by atoms with Crippen molar-refractivity contribution in [3.05, 3.63) is 59.9 Å². The largest absolute Gasteiger partial charge is 0.356 e. The van der Waals surface area contributed by atoms with E-state index in [4.69, 9.17) is 4.98 Å². The molecule has 1 atom stereocenters. The van der Waals surface area contributed by atoms with Gasteiger partial charge in [0.15, 0.2) is 0 Å². The maximum atomic E-state index is 12.5.